The summed E-state index contributed by atoms with van der Waals surface area (Å²) in [6, 6.07) is 16.6. The number of carbonyl (C=O) groups excluding carboxylic acids is 2. The van der Waals surface area contributed by atoms with Crippen molar-refractivity contribution in [1.29, 1.82) is 0 Å². The lowest BCUT2D eigenvalue weighted by Crippen LogP contribution is -2.31. The van der Waals surface area contributed by atoms with Crippen LogP contribution in [0.3, 0.4) is 0 Å². The topological polar surface area (TPSA) is 106 Å². The number of ketones is 1. The Kier molecular flexibility index (Phi) is 7.87. The zero-order valence-electron chi connectivity index (χ0n) is 20.7. The molecule has 1 atom stereocenters. The molecular formula is C28H22ClN3O5S2. The largest absolute Gasteiger partial charge is 0.503 e. The van der Waals surface area contributed by atoms with Crippen LogP contribution in [-0.4, -0.2) is 33.6 Å². The van der Waals surface area contributed by atoms with Gasteiger partial charge in [0, 0.05) is 10.8 Å². The zero-order chi connectivity index (χ0) is 27.5. The predicted octanol–water partition coefficient (Wildman–Crippen LogP) is 6.73. The first-order chi connectivity index (χ1) is 18.9. The summed E-state index contributed by atoms with van der Waals surface area (Å²) in [5.41, 5.74) is 1.49. The molecule has 1 aliphatic heterocycles. The van der Waals surface area contributed by atoms with Crippen molar-refractivity contribution < 1.29 is 23.8 Å². The number of aryl methyl sites for hydroxylation is 1. The normalized spacial score (nSPS) is 15.2. The van der Waals surface area contributed by atoms with Gasteiger partial charge in [-0.15, -0.1) is 10.2 Å². The highest BCUT2D eigenvalue weighted by Gasteiger charge is 2.46. The van der Waals surface area contributed by atoms with Crippen molar-refractivity contribution in [3.05, 3.63) is 112 Å². The van der Waals surface area contributed by atoms with E-state index >= 15 is 0 Å². The van der Waals surface area contributed by atoms with E-state index < -0.39 is 23.5 Å². The molecule has 1 unspecified atom stereocenters. The number of nitrogens with zero attached hydrogens (tertiary/aromatic N) is 3. The lowest BCUT2D eigenvalue weighted by molar-refractivity contribution is -0.117. The van der Waals surface area contributed by atoms with Crippen LogP contribution >= 0.6 is 34.7 Å². The van der Waals surface area contributed by atoms with Gasteiger partial charge in [-0.05, 0) is 54.4 Å². The molecule has 0 bridgehead atoms. The van der Waals surface area contributed by atoms with Crippen LogP contribution in [0.4, 0.5) is 5.13 Å². The number of anilines is 1. The molecule has 0 saturated heterocycles. The Labute approximate surface area is 237 Å². The number of aromatic nitrogens is 2. The molecule has 2 aromatic heterocycles. The number of ether oxygens (including phenoxy) is 1. The zero-order valence-corrected chi connectivity index (χ0v) is 23.1. The van der Waals surface area contributed by atoms with Gasteiger partial charge in [0.1, 0.15) is 18.1 Å². The van der Waals surface area contributed by atoms with E-state index in [-0.39, 0.29) is 23.1 Å². The quantitative estimate of drug-likeness (QED) is 0.0953. The second-order valence-electron chi connectivity index (χ2n) is 8.52. The maximum absolute atomic E-state index is 13.5. The molecular weight excluding hydrogens is 558 g/mol. The number of carbonyl (C=O) groups is 2. The summed E-state index contributed by atoms with van der Waals surface area (Å²) in [5, 5.41) is 20.4. The van der Waals surface area contributed by atoms with Crippen molar-refractivity contribution in [2.45, 2.75) is 23.1 Å². The number of Topliss-reactive ketones (excluding diaryl/α,β-unsaturated/α-hetero) is 1. The molecule has 0 spiro atoms. The number of furan rings is 1. The van der Waals surface area contributed by atoms with Gasteiger partial charge in [0.25, 0.3) is 5.91 Å². The molecule has 11 heteroatoms. The van der Waals surface area contributed by atoms with Gasteiger partial charge in [-0.3, -0.25) is 14.5 Å². The number of benzene rings is 2. The minimum Gasteiger partial charge on any atom is -0.503 e. The third-order valence-corrected chi connectivity index (χ3v) is 8.22. The van der Waals surface area contributed by atoms with Gasteiger partial charge < -0.3 is 14.3 Å². The van der Waals surface area contributed by atoms with Crippen molar-refractivity contribution in [3.8, 4) is 5.75 Å². The lowest BCUT2D eigenvalue weighted by atomic mass is 9.95. The first kappa shape index (κ1) is 26.7. The highest BCUT2D eigenvalue weighted by Crippen LogP contribution is 2.44. The van der Waals surface area contributed by atoms with Gasteiger partial charge in [-0.1, -0.05) is 71.6 Å². The van der Waals surface area contributed by atoms with E-state index in [0.717, 1.165) is 5.56 Å². The van der Waals surface area contributed by atoms with Crippen LogP contribution in [0.15, 0.2) is 93.4 Å². The van der Waals surface area contributed by atoms with Gasteiger partial charge in [0.05, 0.1) is 11.6 Å². The Bertz CT molecular complexity index is 1580. The molecule has 0 fully saturated rings. The first-order valence-corrected chi connectivity index (χ1v) is 14.0. The van der Waals surface area contributed by atoms with Crippen LogP contribution < -0.4 is 9.64 Å². The Morgan fingerprint density at radius 3 is 2.74 bits per heavy atom. The van der Waals surface area contributed by atoms with Crippen molar-refractivity contribution in [2.75, 3.05) is 11.5 Å². The number of halogens is 1. The van der Waals surface area contributed by atoms with Crippen LogP contribution in [0.2, 0.25) is 5.02 Å². The van der Waals surface area contributed by atoms with Crippen molar-refractivity contribution in [2.24, 2.45) is 0 Å². The van der Waals surface area contributed by atoms with Crippen molar-refractivity contribution in [3.63, 3.8) is 0 Å². The van der Waals surface area contributed by atoms with Crippen LogP contribution in [0.1, 0.15) is 33.5 Å². The average molecular weight is 580 g/mol. The molecule has 5 rings (SSSR count). The van der Waals surface area contributed by atoms with E-state index in [1.807, 2.05) is 24.3 Å². The molecule has 1 amide bonds. The van der Waals surface area contributed by atoms with E-state index in [1.165, 1.54) is 34.1 Å². The molecule has 0 aliphatic carbocycles. The maximum atomic E-state index is 13.5. The van der Waals surface area contributed by atoms with Crippen LogP contribution in [0.25, 0.3) is 0 Å². The van der Waals surface area contributed by atoms with Crippen molar-refractivity contribution >= 4 is 51.5 Å². The number of hydrogen-bond acceptors (Lipinski definition) is 9. The fourth-order valence-corrected chi connectivity index (χ4v) is 6.00. The van der Waals surface area contributed by atoms with Crippen LogP contribution in [-0.2, 0) is 10.5 Å². The lowest BCUT2D eigenvalue weighted by Gasteiger charge is -2.24. The average Bonchev–Trinajstić information content (AvgIpc) is 3.65. The van der Waals surface area contributed by atoms with E-state index in [0.29, 0.717) is 32.2 Å². The van der Waals surface area contributed by atoms with E-state index in [9.17, 15) is 14.7 Å². The molecule has 8 nitrogen and oxygen atoms in total. The summed E-state index contributed by atoms with van der Waals surface area (Å²) in [5.74, 6) is -0.330. The van der Waals surface area contributed by atoms with Gasteiger partial charge in [0.15, 0.2) is 15.9 Å². The number of amides is 1. The summed E-state index contributed by atoms with van der Waals surface area (Å²) >= 11 is 8.62. The second-order valence-corrected chi connectivity index (χ2v) is 11.1. The standard InChI is InChI=1S/C28H22ClN3O5S2/c1-3-13-36-20-6-4-5-18(14-20)23-22(24(33)21-12-7-16(2)37-21)25(34)26(35)32(23)27-30-31-28(39-27)38-15-17-8-10-19(29)11-9-17/h3-12,14,23,34H,1,13,15H2,2H3. The first-order valence-electron chi connectivity index (χ1n) is 11.8. The fraction of sp³-hybridized carbons (Fsp3) is 0.143. The minimum atomic E-state index is -0.982. The summed E-state index contributed by atoms with van der Waals surface area (Å²) in [7, 11) is 0. The van der Waals surface area contributed by atoms with E-state index in [4.69, 9.17) is 20.8 Å². The minimum absolute atomic E-state index is 0.0178. The highest BCUT2D eigenvalue weighted by atomic mass is 35.5. The number of rotatable bonds is 10. The SMILES string of the molecule is C=CCOc1cccc(C2C(C(=O)c3ccc(C)o3)=C(O)C(=O)N2c2nnc(SCc3ccc(Cl)cc3)s2)c1. The second kappa shape index (κ2) is 11.5. The molecule has 0 saturated carbocycles. The highest BCUT2D eigenvalue weighted by molar-refractivity contribution is 8.00. The fourth-order valence-electron chi connectivity index (χ4n) is 4.05. The Hall–Kier alpha value is -3.86. The monoisotopic (exact) mass is 579 g/mol. The van der Waals surface area contributed by atoms with Gasteiger partial charge in [-0.2, -0.15) is 0 Å². The Morgan fingerprint density at radius 1 is 1.23 bits per heavy atom. The summed E-state index contributed by atoms with van der Waals surface area (Å²) < 4.78 is 11.8. The van der Waals surface area contributed by atoms with E-state index in [1.54, 1.807) is 43.3 Å². The Morgan fingerprint density at radius 2 is 2.03 bits per heavy atom. The molecule has 4 aromatic rings. The molecule has 1 N–H and O–H groups in total. The summed E-state index contributed by atoms with van der Waals surface area (Å²) in [6.45, 7) is 5.65. The van der Waals surface area contributed by atoms with Gasteiger partial charge in [-0.25, -0.2) is 0 Å². The molecule has 3 heterocycles. The Balaban J connectivity index is 1.50. The van der Waals surface area contributed by atoms with Crippen molar-refractivity contribution in [1.82, 2.24) is 10.2 Å². The molecule has 39 heavy (non-hydrogen) atoms. The third kappa shape index (κ3) is 5.63. The number of aliphatic hydroxyl groups is 1. The number of aliphatic hydroxyl groups excluding tert-OH is 1. The molecule has 2 aromatic carbocycles. The van der Waals surface area contributed by atoms with Crippen LogP contribution in [0, 0.1) is 6.92 Å². The maximum Gasteiger partial charge on any atom is 0.296 e. The summed E-state index contributed by atoms with van der Waals surface area (Å²) in [4.78, 5) is 28.3. The molecule has 0 radical (unpaired) electrons. The smallest absolute Gasteiger partial charge is 0.296 e. The third-order valence-electron chi connectivity index (χ3n) is 5.84. The van der Waals surface area contributed by atoms with Gasteiger partial charge >= 0.3 is 0 Å². The van der Waals surface area contributed by atoms with E-state index in [2.05, 4.69) is 16.8 Å². The number of thioether (sulfide) groups is 1. The van der Waals surface area contributed by atoms with Gasteiger partial charge in [0.2, 0.25) is 10.9 Å². The predicted molar refractivity (Wildman–Crippen MR) is 151 cm³/mol. The molecule has 198 valence electrons. The number of hydrogen-bond donors (Lipinski definition) is 1. The summed E-state index contributed by atoms with van der Waals surface area (Å²) in [6.07, 6.45) is 1.61. The molecule has 1 aliphatic rings. The van der Waals surface area contributed by atoms with Crippen LogP contribution in [0.5, 0.6) is 5.75 Å².